The Bertz CT molecular complexity index is 381. The van der Waals surface area contributed by atoms with Crippen LogP contribution in [0.4, 0.5) is 0 Å². The van der Waals surface area contributed by atoms with E-state index in [9.17, 15) is 10.2 Å². The minimum Gasteiger partial charge on any atom is -0.508 e. The first-order valence-corrected chi connectivity index (χ1v) is 6.90. The number of phenolic OH excluding ortho intramolecular Hbond substituents is 1. The van der Waals surface area contributed by atoms with E-state index in [2.05, 4.69) is 12.2 Å². The van der Waals surface area contributed by atoms with E-state index in [1.54, 1.807) is 12.1 Å². The lowest BCUT2D eigenvalue weighted by atomic mass is 10.0. The van der Waals surface area contributed by atoms with E-state index in [-0.39, 0.29) is 18.2 Å². The molecular weight excluding hydrogens is 226 g/mol. The van der Waals surface area contributed by atoms with Crippen LogP contribution in [-0.4, -0.2) is 22.4 Å². The fourth-order valence-corrected chi connectivity index (χ4v) is 2.69. The summed E-state index contributed by atoms with van der Waals surface area (Å²) in [6.07, 6.45) is 5.21. The van der Waals surface area contributed by atoms with E-state index < -0.39 is 0 Å². The molecule has 0 amide bonds. The lowest BCUT2D eigenvalue weighted by molar-refractivity contribution is 0.115. The third kappa shape index (κ3) is 3.47. The van der Waals surface area contributed by atoms with E-state index in [0.717, 1.165) is 24.8 Å². The number of benzene rings is 1. The molecule has 1 aliphatic rings. The monoisotopic (exact) mass is 249 g/mol. The predicted octanol–water partition coefficient (Wildman–Crippen LogP) is 2.74. The van der Waals surface area contributed by atoms with Crippen molar-refractivity contribution < 1.29 is 10.2 Å². The van der Waals surface area contributed by atoms with Crippen molar-refractivity contribution in [1.82, 2.24) is 5.32 Å². The molecule has 2 rings (SSSR count). The normalized spacial score (nSPS) is 26.6. The third-order valence-corrected chi connectivity index (χ3v) is 3.81. The van der Waals surface area contributed by atoms with Crippen molar-refractivity contribution in [3.8, 4) is 5.75 Å². The standard InChI is InChI=1S/C15H23NO2/c1-11(12-6-5-7-13(17)10-12)16-14-8-3-2-4-9-15(14)18/h5-7,10-11,14-18H,2-4,8-9H2,1H3. The van der Waals surface area contributed by atoms with Crippen LogP contribution in [0.5, 0.6) is 5.75 Å². The van der Waals surface area contributed by atoms with E-state index in [0.29, 0.717) is 5.75 Å². The molecule has 3 N–H and O–H groups in total. The SMILES string of the molecule is CC(NC1CCCCCC1O)c1cccc(O)c1. The van der Waals surface area contributed by atoms with Crippen LogP contribution in [0.1, 0.15) is 50.6 Å². The van der Waals surface area contributed by atoms with E-state index in [4.69, 9.17) is 0 Å². The molecular formula is C15H23NO2. The molecule has 0 heterocycles. The molecule has 3 atom stereocenters. The summed E-state index contributed by atoms with van der Waals surface area (Å²) in [5.41, 5.74) is 1.06. The van der Waals surface area contributed by atoms with E-state index in [1.807, 2.05) is 12.1 Å². The fraction of sp³-hybridized carbons (Fsp3) is 0.600. The number of rotatable bonds is 3. The third-order valence-electron chi connectivity index (χ3n) is 3.81. The van der Waals surface area contributed by atoms with Crippen molar-refractivity contribution >= 4 is 0 Å². The molecule has 1 aliphatic carbocycles. The van der Waals surface area contributed by atoms with Gasteiger partial charge in [-0.1, -0.05) is 31.4 Å². The maximum Gasteiger partial charge on any atom is 0.115 e. The van der Waals surface area contributed by atoms with Gasteiger partial charge in [-0.3, -0.25) is 0 Å². The number of phenols is 1. The van der Waals surface area contributed by atoms with Crippen LogP contribution in [0.25, 0.3) is 0 Å². The molecule has 0 spiro atoms. The Balaban J connectivity index is 1.99. The highest BCUT2D eigenvalue weighted by Crippen LogP contribution is 2.23. The predicted molar refractivity (Wildman–Crippen MR) is 72.5 cm³/mol. The summed E-state index contributed by atoms with van der Waals surface area (Å²) in [6, 6.07) is 7.63. The van der Waals surface area contributed by atoms with Crippen molar-refractivity contribution in [2.45, 2.75) is 57.2 Å². The summed E-state index contributed by atoms with van der Waals surface area (Å²) in [7, 11) is 0. The van der Waals surface area contributed by atoms with E-state index in [1.165, 1.54) is 12.8 Å². The van der Waals surface area contributed by atoms with Crippen LogP contribution in [-0.2, 0) is 0 Å². The molecule has 100 valence electrons. The van der Waals surface area contributed by atoms with Crippen LogP contribution < -0.4 is 5.32 Å². The molecule has 1 fully saturated rings. The molecule has 18 heavy (non-hydrogen) atoms. The van der Waals surface area contributed by atoms with E-state index >= 15 is 0 Å². The molecule has 0 aliphatic heterocycles. The minimum absolute atomic E-state index is 0.148. The first kappa shape index (κ1) is 13.4. The molecule has 3 heteroatoms. The van der Waals surface area contributed by atoms with Crippen LogP contribution >= 0.6 is 0 Å². The fourth-order valence-electron chi connectivity index (χ4n) is 2.69. The summed E-state index contributed by atoms with van der Waals surface area (Å²) >= 11 is 0. The van der Waals surface area contributed by atoms with Gasteiger partial charge in [0.2, 0.25) is 0 Å². The van der Waals surface area contributed by atoms with Gasteiger partial charge < -0.3 is 15.5 Å². The zero-order valence-electron chi connectivity index (χ0n) is 11.0. The number of hydrogen-bond acceptors (Lipinski definition) is 3. The Morgan fingerprint density at radius 3 is 2.78 bits per heavy atom. The van der Waals surface area contributed by atoms with Gasteiger partial charge in [-0.25, -0.2) is 0 Å². The number of aromatic hydroxyl groups is 1. The van der Waals surface area contributed by atoms with Gasteiger partial charge in [-0.05, 0) is 37.5 Å². The van der Waals surface area contributed by atoms with Gasteiger partial charge in [0.15, 0.2) is 0 Å². The molecule has 1 aromatic carbocycles. The van der Waals surface area contributed by atoms with Crippen LogP contribution in [0.15, 0.2) is 24.3 Å². The van der Waals surface area contributed by atoms with Crippen molar-refractivity contribution in [3.05, 3.63) is 29.8 Å². The van der Waals surface area contributed by atoms with Crippen LogP contribution in [0.2, 0.25) is 0 Å². The van der Waals surface area contributed by atoms with Gasteiger partial charge in [-0.2, -0.15) is 0 Å². The smallest absolute Gasteiger partial charge is 0.115 e. The number of nitrogens with one attached hydrogen (secondary N) is 1. The first-order chi connectivity index (χ1) is 8.66. The topological polar surface area (TPSA) is 52.5 Å². The number of aliphatic hydroxyl groups is 1. The summed E-state index contributed by atoms with van der Waals surface area (Å²) in [4.78, 5) is 0. The van der Waals surface area contributed by atoms with Crippen LogP contribution in [0.3, 0.4) is 0 Å². The van der Waals surface area contributed by atoms with Gasteiger partial charge in [0.05, 0.1) is 6.10 Å². The maximum atomic E-state index is 10.1. The Hall–Kier alpha value is -1.06. The van der Waals surface area contributed by atoms with Crippen molar-refractivity contribution in [2.24, 2.45) is 0 Å². The van der Waals surface area contributed by atoms with Gasteiger partial charge in [0, 0.05) is 12.1 Å². The number of aliphatic hydroxyl groups excluding tert-OH is 1. The van der Waals surface area contributed by atoms with Crippen LogP contribution in [0, 0.1) is 0 Å². The Morgan fingerprint density at radius 2 is 2.00 bits per heavy atom. The van der Waals surface area contributed by atoms with Crippen molar-refractivity contribution in [3.63, 3.8) is 0 Å². The summed E-state index contributed by atoms with van der Waals surface area (Å²) < 4.78 is 0. The lowest BCUT2D eigenvalue weighted by Gasteiger charge is -2.26. The highest BCUT2D eigenvalue weighted by Gasteiger charge is 2.23. The zero-order valence-corrected chi connectivity index (χ0v) is 11.0. The largest absolute Gasteiger partial charge is 0.508 e. The molecule has 0 aromatic heterocycles. The second-order valence-corrected chi connectivity index (χ2v) is 5.30. The van der Waals surface area contributed by atoms with Crippen molar-refractivity contribution in [1.29, 1.82) is 0 Å². The van der Waals surface area contributed by atoms with Gasteiger partial charge in [0.25, 0.3) is 0 Å². The molecule has 3 nitrogen and oxygen atoms in total. The Labute approximate surface area is 109 Å². The summed E-state index contributed by atoms with van der Waals surface area (Å²) in [5.74, 6) is 0.294. The van der Waals surface area contributed by atoms with Crippen molar-refractivity contribution in [2.75, 3.05) is 0 Å². The molecule has 0 saturated heterocycles. The number of hydrogen-bond donors (Lipinski definition) is 3. The highest BCUT2D eigenvalue weighted by atomic mass is 16.3. The Kier molecular flexibility index (Phi) is 4.61. The molecule has 0 bridgehead atoms. The molecule has 0 radical (unpaired) electrons. The van der Waals surface area contributed by atoms with Gasteiger partial charge in [-0.15, -0.1) is 0 Å². The average molecular weight is 249 g/mol. The Morgan fingerprint density at radius 1 is 1.22 bits per heavy atom. The lowest BCUT2D eigenvalue weighted by Crippen LogP contribution is -2.40. The zero-order chi connectivity index (χ0) is 13.0. The average Bonchev–Trinajstić information content (AvgIpc) is 2.55. The van der Waals surface area contributed by atoms with Gasteiger partial charge >= 0.3 is 0 Å². The van der Waals surface area contributed by atoms with Gasteiger partial charge in [0.1, 0.15) is 5.75 Å². The minimum atomic E-state index is -0.243. The molecule has 1 saturated carbocycles. The maximum absolute atomic E-state index is 10.1. The highest BCUT2D eigenvalue weighted by molar-refractivity contribution is 5.29. The second kappa shape index (κ2) is 6.21. The summed E-state index contributed by atoms with van der Waals surface area (Å²) in [6.45, 7) is 2.08. The summed E-state index contributed by atoms with van der Waals surface area (Å²) in [5, 5.41) is 23.1. The quantitative estimate of drug-likeness (QED) is 0.722. The first-order valence-electron chi connectivity index (χ1n) is 6.90. The molecule has 1 aromatic rings. The second-order valence-electron chi connectivity index (χ2n) is 5.30. The molecule has 3 unspecified atom stereocenters.